The Kier molecular flexibility index (Phi) is 8.68. The number of carbonyl (C=O) groups excluding carboxylic acids is 3. The average molecular weight is 409 g/mol. The molecule has 0 unspecified atom stereocenters. The van der Waals surface area contributed by atoms with Crippen LogP contribution in [0.2, 0.25) is 0 Å². The van der Waals surface area contributed by atoms with Gasteiger partial charge in [-0.1, -0.05) is 45.8 Å². The minimum absolute atomic E-state index is 0.151. The van der Waals surface area contributed by atoms with Crippen LogP contribution in [0, 0.1) is 23.7 Å². The summed E-state index contributed by atoms with van der Waals surface area (Å²) < 4.78 is 5.25. The number of rotatable bonds is 10. The lowest BCUT2D eigenvalue weighted by molar-refractivity contribution is -0.155. The van der Waals surface area contributed by atoms with E-state index in [4.69, 9.17) is 4.74 Å². The number of nitrogens with one attached hydrogen (secondary N) is 1. The molecular formula is C22H36N2O5. The normalized spacial score (nSPS) is 29.5. The van der Waals surface area contributed by atoms with Crippen molar-refractivity contribution in [1.29, 1.82) is 0 Å². The van der Waals surface area contributed by atoms with E-state index in [0.29, 0.717) is 13.0 Å². The predicted octanol–water partition coefficient (Wildman–Crippen LogP) is 1.89. The van der Waals surface area contributed by atoms with Gasteiger partial charge < -0.3 is 20.1 Å². The largest absolute Gasteiger partial charge is 0.466 e. The van der Waals surface area contributed by atoms with Gasteiger partial charge in [0.25, 0.3) is 0 Å². The van der Waals surface area contributed by atoms with Crippen molar-refractivity contribution in [2.45, 2.75) is 65.5 Å². The number of hydrogen-bond acceptors (Lipinski definition) is 5. The van der Waals surface area contributed by atoms with Crippen LogP contribution in [0.15, 0.2) is 12.2 Å². The number of aliphatic hydroxyl groups is 1. The van der Waals surface area contributed by atoms with Crippen molar-refractivity contribution in [3.63, 3.8) is 0 Å². The summed E-state index contributed by atoms with van der Waals surface area (Å²) in [4.78, 5) is 40.7. The molecule has 1 aliphatic carbocycles. The van der Waals surface area contributed by atoms with Gasteiger partial charge in [0.05, 0.1) is 31.1 Å². The van der Waals surface area contributed by atoms with Crippen molar-refractivity contribution >= 4 is 17.8 Å². The van der Waals surface area contributed by atoms with E-state index < -0.39 is 35.8 Å². The fourth-order valence-electron chi connectivity index (χ4n) is 4.64. The summed E-state index contributed by atoms with van der Waals surface area (Å²) in [6, 6.07) is -1.17. The lowest BCUT2D eigenvalue weighted by Gasteiger charge is -2.33. The lowest BCUT2D eigenvalue weighted by Crippen LogP contribution is -2.52. The first-order chi connectivity index (χ1) is 13.9. The molecule has 0 saturated carbocycles. The summed E-state index contributed by atoms with van der Waals surface area (Å²) in [5.41, 5.74) is 0. The van der Waals surface area contributed by atoms with Gasteiger partial charge in [0, 0.05) is 12.5 Å². The summed E-state index contributed by atoms with van der Waals surface area (Å²) in [7, 11) is 0. The third-order valence-corrected chi connectivity index (χ3v) is 6.19. The maximum atomic E-state index is 13.4. The van der Waals surface area contributed by atoms with Crippen LogP contribution in [-0.4, -0.2) is 59.6 Å². The van der Waals surface area contributed by atoms with Crippen molar-refractivity contribution in [2.75, 3.05) is 19.8 Å². The highest BCUT2D eigenvalue weighted by Gasteiger charge is 2.58. The molecule has 1 saturated heterocycles. The van der Waals surface area contributed by atoms with E-state index in [9.17, 15) is 19.5 Å². The van der Waals surface area contributed by atoms with E-state index in [0.717, 1.165) is 19.3 Å². The third kappa shape index (κ3) is 4.82. The van der Waals surface area contributed by atoms with Crippen LogP contribution in [0.3, 0.4) is 0 Å². The number of unbranched alkanes of at least 4 members (excludes halogenated alkanes) is 2. The Labute approximate surface area is 173 Å². The van der Waals surface area contributed by atoms with Crippen molar-refractivity contribution in [2.24, 2.45) is 23.7 Å². The molecule has 0 aromatic heterocycles. The van der Waals surface area contributed by atoms with Gasteiger partial charge in [0.15, 0.2) is 0 Å². The molecule has 7 nitrogen and oxygen atoms in total. The zero-order chi connectivity index (χ0) is 21.6. The molecule has 1 fully saturated rings. The molecule has 0 radical (unpaired) electrons. The molecule has 2 rings (SSSR count). The van der Waals surface area contributed by atoms with Crippen molar-refractivity contribution < 1.29 is 24.2 Å². The van der Waals surface area contributed by atoms with Gasteiger partial charge in [0.2, 0.25) is 11.8 Å². The molecule has 0 spiro atoms. The van der Waals surface area contributed by atoms with Crippen LogP contribution in [0.5, 0.6) is 0 Å². The number of hydrogen-bond donors (Lipinski definition) is 2. The van der Waals surface area contributed by atoms with Crippen molar-refractivity contribution in [1.82, 2.24) is 10.2 Å². The van der Waals surface area contributed by atoms with E-state index in [2.05, 4.69) is 12.2 Å². The Bertz CT molecular complexity index is 616. The predicted molar refractivity (Wildman–Crippen MR) is 110 cm³/mol. The minimum Gasteiger partial charge on any atom is -0.466 e. The van der Waals surface area contributed by atoms with E-state index >= 15 is 0 Å². The summed E-state index contributed by atoms with van der Waals surface area (Å²) in [6.45, 7) is 8.20. The average Bonchev–Trinajstić information content (AvgIpc) is 2.99. The number of nitrogens with zero attached hydrogens (tertiary/aromatic N) is 1. The first-order valence-corrected chi connectivity index (χ1v) is 11.0. The monoisotopic (exact) mass is 408 g/mol. The zero-order valence-electron chi connectivity index (χ0n) is 18.1. The fourth-order valence-corrected chi connectivity index (χ4v) is 4.64. The maximum absolute atomic E-state index is 13.4. The smallest absolute Gasteiger partial charge is 0.310 e. The van der Waals surface area contributed by atoms with E-state index in [1.165, 1.54) is 4.90 Å². The second-order valence-corrected chi connectivity index (χ2v) is 8.06. The lowest BCUT2D eigenvalue weighted by atomic mass is 9.70. The molecule has 0 aromatic carbocycles. The first kappa shape index (κ1) is 23.4. The molecule has 7 heteroatoms. The van der Waals surface area contributed by atoms with Gasteiger partial charge in [-0.05, 0) is 25.7 Å². The van der Waals surface area contributed by atoms with Crippen LogP contribution in [0.4, 0.5) is 0 Å². The topological polar surface area (TPSA) is 95.9 Å². The number of esters is 1. The maximum Gasteiger partial charge on any atom is 0.310 e. The standard InChI is InChI=1S/C22H36N2O5/c1-5-8-9-12-23-20(26)19-16-11-10-14(4)17(22(28)29-7-3)18(16)21(27)24(19)15(6-2)13-25/h10-11,14-19,25H,5-9,12-13H2,1-4H3,(H,23,26)/t14-,15+,16+,17-,18-,19+/m1/s1. The highest BCUT2D eigenvalue weighted by molar-refractivity contribution is 5.96. The second-order valence-electron chi connectivity index (χ2n) is 8.06. The molecule has 2 amide bonds. The van der Waals surface area contributed by atoms with E-state index in [1.807, 2.05) is 26.0 Å². The highest BCUT2D eigenvalue weighted by Crippen LogP contribution is 2.45. The molecule has 164 valence electrons. The van der Waals surface area contributed by atoms with Crippen LogP contribution in [0.25, 0.3) is 0 Å². The number of ether oxygens (including phenoxy) is 1. The molecule has 0 bridgehead atoms. The number of amides is 2. The molecular weight excluding hydrogens is 372 g/mol. The molecule has 2 aliphatic rings. The Morgan fingerprint density at radius 3 is 2.55 bits per heavy atom. The summed E-state index contributed by atoms with van der Waals surface area (Å²) >= 11 is 0. The molecule has 6 atom stereocenters. The van der Waals surface area contributed by atoms with Crippen LogP contribution in [0.1, 0.15) is 53.4 Å². The van der Waals surface area contributed by atoms with Crippen LogP contribution < -0.4 is 5.32 Å². The van der Waals surface area contributed by atoms with Gasteiger partial charge in [-0.15, -0.1) is 0 Å². The summed E-state index contributed by atoms with van der Waals surface area (Å²) in [6.07, 6.45) is 7.31. The van der Waals surface area contributed by atoms with E-state index in [-0.39, 0.29) is 30.9 Å². The van der Waals surface area contributed by atoms with Gasteiger partial charge in [-0.2, -0.15) is 0 Å². The minimum atomic E-state index is -0.716. The summed E-state index contributed by atoms with van der Waals surface area (Å²) in [5.74, 6) is -2.65. The molecule has 1 aliphatic heterocycles. The number of aliphatic hydroxyl groups excluding tert-OH is 1. The Hall–Kier alpha value is -1.89. The van der Waals surface area contributed by atoms with Gasteiger partial charge in [-0.3, -0.25) is 14.4 Å². The molecule has 2 N–H and O–H groups in total. The Morgan fingerprint density at radius 2 is 1.97 bits per heavy atom. The third-order valence-electron chi connectivity index (χ3n) is 6.19. The Morgan fingerprint density at radius 1 is 1.24 bits per heavy atom. The fraction of sp³-hybridized carbons (Fsp3) is 0.773. The number of likely N-dealkylation sites (tertiary alicyclic amines) is 1. The number of carbonyl (C=O) groups is 3. The number of allylic oxidation sites excluding steroid dienone is 1. The Balaban J connectivity index is 2.36. The van der Waals surface area contributed by atoms with Gasteiger partial charge in [-0.25, -0.2) is 0 Å². The van der Waals surface area contributed by atoms with Crippen LogP contribution >= 0.6 is 0 Å². The quantitative estimate of drug-likeness (QED) is 0.327. The molecule has 29 heavy (non-hydrogen) atoms. The summed E-state index contributed by atoms with van der Waals surface area (Å²) in [5, 5.41) is 12.8. The van der Waals surface area contributed by atoms with Crippen molar-refractivity contribution in [3.05, 3.63) is 12.2 Å². The van der Waals surface area contributed by atoms with Crippen molar-refractivity contribution in [3.8, 4) is 0 Å². The van der Waals surface area contributed by atoms with Gasteiger partial charge in [0.1, 0.15) is 6.04 Å². The second kappa shape index (κ2) is 10.8. The SMILES string of the molecule is CCCCCNC(=O)[C@@H]1[C@H]2C=C[C@@H](C)[C@@H](C(=O)OCC)[C@@H]2C(=O)N1[C@@H](CC)CO. The van der Waals surface area contributed by atoms with Crippen LogP contribution in [-0.2, 0) is 19.1 Å². The molecule has 0 aromatic rings. The highest BCUT2D eigenvalue weighted by atomic mass is 16.5. The first-order valence-electron chi connectivity index (χ1n) is 11.0. The van der Waals surface area contributed by atoms with Gasteiger partial charge >= 0.3 is 5.97 Å². The molecule has 1 heterocycles. The number of fused-ring (bicyclic) bond motifs is 1. The van der Waals surface area contributed by atoms with E-state index in [1.54, 1.807) is 6.92 Å². The zero-order valence-corrected chi connectivity index (χ0v) is 18.1.